The predicted molar refractivity (Wildman–Crippen MR) is 114 cm³/mol. The third kappa shape index (κ3) is 4.81. The molecule has 1 saturated heterocycles. The number of nitrogens with one attached hydrogen (secondary N) is 1. The number of hydrogen-bond donors (Lipinski definition) is 2. The van der Waals surface area contributed by atoms with E-state index in [1.54, 1.807) is 0 Å². The van der Waals surface area contributed by atoms with E-state index in [0.717, 1.165) is 37.2 Å². The lowest BCUT2D eigenvalue weighted by Crippen LogP contribution is -2.47. The van der Waals surface area contributed by atoms with Crippen molar-refractivity contribution in [3.05, 3.63) is 23.8 Å². The van der Waals surface area contributed by atoms with Crippen LogP contribution in [0.15, 0.2) is 18.2 Å². The maximum absolute atomic E-state index is 10.8. The number of benzene rings is 1. The second-order valence-electron chi connectivity index (χ2n) is 9.52. The molecule has 1 aromatic rings. The van der Waals surface area contributed by atoms with Crippen LogP contribution in [0.5, 0.6) is 5.75 Å². The molecule has 0 aliphatic carbocycles. The second kappa shape index (κ2) is 7.95. The van der Waals surface area contributed by atoms with Gasteiger partial charge in [-0.3, -0.25) is 0 Å². The average molecular weight is 407 g/mol. The van der Waals surface area contributed by atoms with E-state index in [4.69, 9.17) is 14.3 Å². The molecule has 0 saturated carbocycles. The topological polar surface area (TPSA) is 71.0 Å². The number of carbonyl (C=O) groups is 1. The fourth-order valence-electron chi connectivity index (χ4n) is 3.65. The Kier molecular flexibility index (Phi) is 5.96. The Balaban J connectivity index is 1.58. The summed E-state index contributed by atoms with van der Waals surface area (Å²) >= 11 is 0. The van der Waals surface area contributed by atoms with Crippen LogP contribution in [0.1, 0.15) is 39.2 Å². The Labute approximate surface area is 169 Å². The molecule has 0 bridgehead atoms. The molecule has 1 unspecified atom stereocenters. The molecule has 1 fully saturated rings. The van der Waals surface area contributed by atoms with Gasteiger partial charge in [0.1, 0.15) is 12.4 Å². The number of carboxylic acid groups (broad SMARTS) is 1. The molecule has 3 rings (SSSR count). The van der Waals surface area contributed by atoms with E-state index in [0.29, 0.717) is 19.1 Å². The minimum atomic E-state index is -1.72. The zero-order valence-corrected chi connectivity index (χ0v) is 18.7. The quantitative estimate of drug-likeness (QED) is 0.732. The van der Waals surface area contributed by atoms with Crippen LogP contribution in [0.2, 0.25) is 18.1 Å². The minimum absolute atomic E-state index is 0.181. The summed E-state index contributed by atoms with van der Waals surface area (Å²) in [6.45, 7) is 13.9. The summed E-state index contributed by atoms with van der Waals surface area (Å²) in [6.07, 6.45) is 2.12. The van der Waals surface area contributed by atoms with Crippen molar-refractivity contribution in [3.8, 4) is 5.75 Å². The molecule has 0 aromatic heterocycles. The van der Waals surface area contributed by atoms with Gasteiger partial charge in [-0.15, -0.1) is 0 Å². The molecule has 1 aromatic carbocycles. The molecule has 7 heteroatoms. The van der Waals surface area contributed by atoms with Crippen molar-refractivity contribution in [1.82, 2.24) is 5.32 Å². The van der Waals surface area contributed by atoms with Gasteiger partial charge < -0.3 is 24.5 Å². The van der Waals surface area contributed by atoms with Crippen molar-refractivity contribution < 1.29 is 19.1 Å². The van der Waals surface area contributed by atoms with E-state index in [-0.39, 0.29) is 11.1 Å². The molecule has 1 amide bonds. The molecule has 2 N–H and O–H groups in total. The maximum Gasteiger partial charge on any atom is 0.405 e. The van der Waals surface area contributed by atoms with Crippen LogP contribution in [-0.2, 0) is 10.8 Å². The first kappa shape index (κ1) is 21.0. The van der Waals surface area contributed by atoms with Crippen LogP contribution >= 0.6 is 0 Å². The van der Waals surface area contributed by atoms with E-state index < -0.39 is 14.4 Å². The number of nitrogens with zero attached hydrogens (tertiary/aromatic N) is 1. The van der Waals surface area contributed by atoms with Crippen LogP contribution in [0.25, 0.3) is 0 Å². The van der Waals surface area contributed by atoms with Crippen molar-refractivity contribution in [2.24, 2.45) is 0 Å². The molecular weight excluding hydrogens is 372 g/mol. The normalized spacial score (nSPS) is 21.0. The summed E-state index contributed by atoms with van der Waals surface area (Å²) in [7, 11) is -1.72. The lowest BCUT2D eigenvalue weighted by atomic mass is 10.0. The number of amides is 1. The fraction of sp³-hybridized carbons (Fsp3) is 0.667. The van der Waals surface area contributed by atoms with Gasteiger partial charge in [-0.1, -0.05) is 26.8 Å². The van der Waals surface area contributed by atoms with Crippen LogP contribution in [-0.4, -0.2) is 51.4 Å². The number of rotatable bonds is 4. The average Bonchev–Trinajstić information content (AvgIpc) is 2.60. The van der Waals surface area contributed by atoms with Crippen LogP contribution in [0.4, 0.5) is 10.5 Å². The van der Waals surface area contributed by atoms with Gasteiger partial charge in [0.2, 0.25) is 0 Å². The van der Waals surface area contributed by atoms with E-state index in [1.807, 2.05) is 0 Å². The largest absolute Gasteiger partial charge is 0.491 e. The summed E-state index contributed by atoms with van der Waals surface area (Å²) in [6, 6.07) is 6.11. The standard InChI is InChI=1S/C21H34N2O4Si/c1-21(2,3)28(4,5)27-18-8-10-23(11-9-18)17-7-6-15-12-16(22-20(24)25)14-26-19(15)13-17/h6-7,13,16,18,22H,8-12,14H2,1-5H3,(H,24,25). The van der Waals surface area contributed by atoms with E-state index in [9.17, 15) is 4.79 Å². The van der Waals surface area contributed by atoms with Crippen LogP contribution in [0, 0.1) is 0 Å². The van der Waals surface area contributed by atoms with Crippen molar-refractivity contribution in [2.75, 3.05) is 24.6 Å². The van der Waals surface area contributed by atoms with Gasteiger partial charge in [-0.05, 0) is 49.0 Å². The molecular formula is C21H34N2O4Si. The monoisotopic (exact) mass is 406 g/mol. The Hall–Kier alpha value is -1.73. The number of ether oxygens (including phenoxy) is 1. The zero-order valence-electron chi connectivity index (χ0n) is 17.7. The number of piperidine rings is 1. The van der Waals surface area contributed by atoms with Gasteiger partial charge in [0, 0.05) is 30.9 Å². The maximum atomic E-state index is 10.8. The van der Waals surface area contributed by atoms with E-state index >= 15 is 0 Å². The predicted octanol–water partition coefficient (Wildman–Crippen LogP) is 4.25. The number of hydrogen-bond acceptors (Lipinski definition) is 4. The minimum Gasteiger partial charge on any atom is -0.491 e. The van der Waals surface area contributed by atoms with E-state index in [1.165, 1.54) is 5.69 Å². The molecule has 2 aliphatic heterocycles. The third-order valence-corrected chi connectivity index (χ3v) is 10.9. The fourth-order valence-corrected chi connectivity index (χ4v) is 5.07. The van der Waals surface area contributed by atoms with Gasteiger partial charge in [0.05, 0.1) is 6.04 Å². The van der Waals surface area contributed by atoms with Gasteiger partial charge in [-0.25, -0.2) is 4.79 Å². The molecule has 2 heterocycles. The van der Waals surface area contributed by atoms with Gasteiger partial charge in [0.25, 0.3) is 0 Å². The number of anilines is 1. The highest BCUT2D eigenvalue weighted by Gasteiger charge is 2.39. The van der Waals surface area contributed by atoms with Gasteiger partial charge in [0.15, 0.2) is 8.32 Å². The molecule has 1 atom stereocenters. The SMILES string of the molecule is CC(C)(C)[Si](C)(C)OC1CCN(c2ccc3c(c2)OCC(NC(=O)O)C3)CC1. The lowest BCUT2D eigenvalue weighted by Gasteiger charge is -2.42. The Bertz CT molecular complexity index is 709. The Morgan fingerprint density at radius 3 is 2.57 bits per heavy atom. The first-order valence-electron chi connectivity index (χ1n) is 10.2. The molecule has 0 spiro atoms. The van der Waals surface area contributed by atoms with E-state index in [2.05, 4.69) is 62.3 Å². The van der Waals surface area contributed by atoms with Gasteiger partial charge in [-0.2, -0.15) is 0 Å². The highest BCUT2D eigenvalue weighted by atomic mass is 28.4. The first-order valence-corrected chi connectivity index (χ1v) is 13.1. The summed E-state index contributed by atoms with van der Waals surface area (Å²) in [5, 5.41) is 11.6. The highest BCUT2D eigenvalue weighted by Crippen LogP contribution is 2.39. The van der Waals surface area contributed by atoms with Crippen molar-refractivity contribution in [2.45, 2.75) is 70.3 Å². The summed E-state index contributed by atoms with van der Waals surface area (Å²) in [4.78, 5) is 13.2. The van der Waals surface area contributed by atoms with Crippen LogP contribution in [0.3, 0.4) is 0 Å². The lowest BCUT2D eigenvalue weighted by molar-refractivity contribution is 0.152. The van der Waals surface area contributed by atoms with Crippen molar-refractivity contribution >= 4 is 20.1 Å². The van der Waals surface area contributed by atoms with Crippen LogP contribution < -0.4 is 15.0 Å². The molecule has 0 radical (unpaired) electrons. The van der Waals surface area contributed by atoms with Gasteiger partial charge >= 0.3 is 6.09 Å². The first-order chi connectivity index (χ1) is 13.0. The summed E-state index contributed by atoms with van der Waals surface area (Å²) in [5.41, 5.74) is 2.24. The third-order valence-electron chi connectivity index (χ3n) is 6.36. The molecule has 156 valence electrons. The number of fused-ring (bicyclic) bond motifs is 1. The molecule has 28 heavy (non-hydrogen) atoms. The van der Waals surface area contributed by atoms with Crippen molar-refractivity contribution in [3.63, 3.8) is 0 Å². The zero-order chi connectivity index (χ0) is 20.5. The Morgan fingerprint density at radius 2 is 1.96 bits per heavy atom. The molecule has 6 nitrogen and oxygen atoms in total. The summed E-state index contributed by atoms with van der Waals surface area (Å²) < 4.78 is 12.4. The highest BCUT2D eigenvalue weighted by molar-refractivity contribution is 6.74. The van der Waals surface area contributed by atoms with Crippen molar-refractivity contribution in [1.29, 1.82) is 0 Å². The smallest absolute Gasteiger partial charge is 0.405 e. The Morgan fingerprint density at radius 1 is 1.29 bits per heavy atom. The second-order valence-corrected chi connectivity index (χ2v) is 14.3. The molecule has 2 aliphatic rings. The summed E-state index contributed by atoms with van der Waals surface area (Å²) in [5.74, 6) is 0.876.